The molecule has 2 unspecified atom stereocenters. The predicted molar refractivity (Wildman–Crippen MR) is 96.8 cm³/mol. The first kappa shape index (κ1) is 17.2. The molecule has 130 valence electrons. The molecule has 5 heteroatoms. The number of hydrogen-bond donors (Lipinski definition) is 3. The maximum absolute atomic E-state index is 12.7. The molecule has 0 bridgehead atoms. The number of nitrogens with one attached hydrogen (secondary N) is 2. The Morgan fingerprint density at radius 2 is 1.60 bits per heavy atom. The summed E-state index contributed by atoms with van der Waals surface area (Å²) < 4.78 is 0. The lowest BCUT2D eigenvalue weighted by atomic mass is 10.0. The maximum Gasteiger partial charge on any atom is 0.252 e. The highest BCUT2D eigenvalue weighted by Gasteiger charge is 2.30. The van der Waals surface area contributed by atoms with Gasteiger partial charge in [-0.25, -0.2) is 0 Å². The van der Waals surface area contributed by atoms with E-state index in [1.807, 2.05) is 36.4 Å². The summed E-state index contributed by atoms with van der Waals surface area (Å²) in [6.45, 7) is 0.425. The van der Waals surface area contributed by atoms with Crippen molar-refractivity contribution in [1.29, 1.82) is 0 Å². The topological polar surface area (TPSA) is 84.2 Å². The minimum atomic E-state index is -0.750. The van der Waals surface area contributed by atoms with Crippen LogP contribution >= 0.6 is 0 Å². The first-order valence-electron chi connectivity index (χ1n) is 8.59. The van der Waals surface area contributed by atoms with E-state index in [2.05, 4.69) is 10.6 Å². The van der Waals surface area contributed by atoms with Crippen molar-refractivity contribution in [3.63, 3.8) is 0 Å². The van der Waals surface area contributed by atoms with Gasteiger partial charge in [-0.05, 0) is 36.5 Å². The fourth-order valence-electron chi connectivity index (χ4n) is 2.76. The third kappa shape index (κ3) is 4.67. The van der Waals surface area contributed by atoms with Crippen molar-refractivity contribution >= 4 is 11.8 Å². The van der Waals surface area contributed by atoms with E-state index in [1.54, 1.807) is 24.3 Å². The Morgan fingerprint density at radius 1 is 1.00 bits per heavy atom. The van der Waals surface area contributed by atoms with Gasteiger partial charge >= 0.3 is 0 Å². The summed E-state index contributed by atoms with van der Waals surface area (Å²) >= 11 is 0. The van der Waals surface area contributed by atoms with Crippen LogP contribution in [0.15, 0.2) is 60.7 Å². The smallest absolute Gasteiger partial charge is 0.252 e. The molecule has 0 radical (unpaired) electrons. The average molecular weight is 337 g/mol. The van der Waals surface area contributed by atoms with E-state index in [1.165, 1.54) is 0 Å². The lowest BCUT2D eigenvalue weighted by Crippen LogP contribution is -2.45. The summed E-state index contributed by atoms with van der Waals surface area (Å²) in [5.41, 5.74) is 7.32. The molecule has 4 N–H and O–H groups in total. The van der Waals surface area contributed by atoms with Crippen LogP contribution in [0.4, 0.5) is 0 Å². The Morgan fingerprint density at radius 3 is 2.20 bits per heavy atom. The van der Waals surface area contributed by atoms with Gasteiger partial charge in [0.2, 0.25) is 5.91 Å². The number of carbonyl (C=O) groups excluding carboxylic acids is 2. The van der Waals surface area contributed by atoms with Crippen LogP contribution in [-0.2, 0) is 4.79 Å². The number of nitrogens with two attached hydrogens (primary N) is 1. The molecule has 1 aliphatic rings. The minimum Gasteiger partial charge on any atom is -0.352 e. The van der Waals surface area contributed by atoms with Gasteiger partial charge in [0.05, 0.1) is 0 Å². The van der Waals surface area contributed by atoms with Crippen LogP contribution in [0.3, 0.4) is 0 Å². The van der Waals surface area contributed by atoms with E-state index in [9.17, 15) is 9.59 Å². The lowest BCUT2D eigenvalue weighted by Gasteiger charge is -2.20. The highest BCUT2D eigenvalue weighted by atomic mass is 16.2. The van der Waals surface area contributed by atoms with Crippen molar-refractivity contribution in [3.8, 4) is 0 Å². The van der Waals surface area contributed by atoms with E-state index < -0.39 is 6.04 Å². The van der Waals surface area contributed by atoms with Crippen LogP contribution in [0, 0.1) is 5.92 Å². The van der Waals surface area contributed by atoms with Crippen molar-refractivity contribution in [3.05, 3.63) is 71.8 Å². The largest absolute Gasteiger partial charge is 0.352 e. The molecule has 0 saturated heterocycles. The third-order valence-corrected chi connectivity index (χ3v) is 4.45. The van der Waals surface area contributed by atoms with Crippen LogP contribution in [0.5, 0.6) is 0 Å². The van der Waals surface area contributed by atoms with Crippen LogP contribution in [-0.4, -0.2) is 24.4 Å². The first-order valence-corrected chi connectivity index (χ1v) is 8.59. The van der Waals surface area contributed by atoms with Gasteiger partial charge in [-0.2, -0.15) is 0 Å². The Labute approximate surface area is 147 Å². The highest BCUT2D eigenvalue weighted by molar-refractivity contribution is 5.97. The van der Waals surface area contributed by atoms with Crippen molar-refractivity contribution in [2.75, 3.05) is 6.54 Å². The molecule has 2 amide bonds. The van der Waals surface area contributed by atoms with Gasteiger partial charge in [0, 0.05) is 18.2 Å². The fraction of sp³-hybridized carbons (Fsp3) is 0.300. The Kier molecular flexibility index (Phi) is 5.46. The molecule has 1 saturated carbocycles. The summed E-state index contributed by atoms with van der Waals surface area (Å²) in [4.78, 5) is 25.1. The van der Waals surface area contributed by atoms with E-state index in [0.717, 1.165) is 18.4 Å². The second-order valence-electron chi connectivity index (χ2n) is 6.43. The normalized spacial score (nSPS) is 15.9. The van der Waals surface area contributed by atoms with Crippen LogP contribution in [0.1, 0.15) is 34.8 Å². The molecule has 1 aliphatic carbocycles. The fourth-order valence-corrected chi connectivity index (χ4v) is 2.76. The molecule has 3 rings (SSSR count). The van der Waals surface area contributed by atoms with Gasteiger partial charge in [0.1, 0.15) is 6.04 Å². The molecule has 0 heterocycles. The van der Waals surface area contributed by atoms with Gasteiger partial charge in [-0.15, -0.1) is 0 Å². The molecule has 0 spiro atoms. The van der Waals surface area contributed by atoms with E-state index >= 15 is 0 Å². The molecule has 5 nitrogen and oxygen atoms in total. The Balaban J connectivity index is 1.70. The van der Waals surface area contributed by atoms with E-state index in [-0.39, 0.29) is 17.9 Å². The number of rotatable bonds is 7. The van der Waals surface area contributed by atoms with Gasteiger partial charge in [-0.1, -0.05) is 48.5 Å². The summed E-state index contributed by atoms with van der Waals surface area (Å²) in [5.74, 6) is -0.0166. The van der Waals surface area contributed by atoms with Crippen LogP contribution < -0.4 is 16.4 Å². The van der Waals surface area contributed by atoms with E-state index in [0.29, 0.717) is 18.0 Å². The molecule has 0 aliphatic heterocycles. The first-order chi connectivity index (χ1) is 12.1. The monoisotopic (exact) mass is 337 g/mol. The summed E-state index contributed by atoms with van der Waals surface area (Å²) in [6, 6.07) is 17.3. The van der Waals surface area contributed by atoms with Crippen molar-refractivity contribution in [2.45, 2.75) is 24.9 Å². The quantitative estimate of drug-likeness (QED) is 0.722. The highest BCUT2D eigenvalue weighted by Crippen LogP contribution is 2.31. The van der Waals surface area contributed by atoms with Crippen molar-refractivity contribution in [2.24, 2.45) is 11.7 Å². The standard InChI is InChI=1S/C20H23N3O2/c21-17(14-11-12-14)13-22-20(25)18(15-7-3-1-4-8-15)23-19(24)16-9-5-2-6-10-16/h1-10,14,17-18H,11-13,21H2,(H,22,25)(H,23,24). The third-order valence-electron chi connectivity index (χ3n) is 4.45. The molecular formula is C20H23N3O2. The lowest BCUT2D eigenvalue weighted by molar-refractivity contribution is -0.123. The maximum atomic E-state index is 12.7. The minimum absolute atomic E-state index is 0.0230. The van der Waals surface area contributed by atoms with Crippen LogP contribution in [0.2, 0.25) is 0 Å². The Bertz CT molecular complexity index is 714. The average Bonchev–Trinajstić information content (AvgIpc) is 3.50. The summed E-state index contributed by atoms with van der Waals surface area (Å²) in [7, 11) is 0. The summed E-state index contributed by atoms with van der Waals surface area (Å²) in [5, 5.41) is 5.71. The zero-order chi connectivity index (χ0) is 17.6. The molecule has 25 heavy (non-hydrogen) atoms. The SMILES string of the molecule is NC(CNC(=O)C(NC(=O)c1ccccc1)c1ccccc1)C1CC1. The van der Waals surface area contributed by atoms with E-state index in [4.69, 9.17) is 5.73 Å². The predicted octanol–water partition coefficient (Wildman–Crippen LogP) is 2.01. The van der Waals surface area contributed by atoms with Crippen molar-refractivity contribution in [1.82, 2.24) is 10.6 Å². The van der Waals surface area contributed by atoms with Crippen molar-refractivity contribution < 1.29 is 9.59 Å². The van der Waals surface area contributed by atoms with Gasteiger partial charge in [0.15, 0.2) is 0 Å². The molecular weight excluding hydrogens is 314 g/mol. The van der Waals surface area contributed by atoms with Gasteiger partial charge in [-0.3, -0.25) is 9.59 Å². The molecule has 1 fully saturated rings. The second-order valence-corrected chi connectivity index (χ2v) is 6.43. The molecule has 2 aromatic carbocycles. The zero-order valence-corrected chi connectivity index (χ0v) is 14.0. The number of amides is 2. The van der Waals surface area contributed by atoms with Crippen LogP contribution in [0.25, 0.3) is 0 Å². The number of carbonyl (C=O) groups is 2. The number of hydrogen-bond acceptors (Lipinski definition) is 3. The Hall–Kier alpha value is -2.66. The molecule has 0 aromatic heterocycles. The molecule has 2 atom stereocenters. The molecule has 2 aromatic rings. The van der Waals surface area contributed by atoms with Gasteiger partial charge in [0.25, 0.3) is 5.91 Å². The number of benzene rings is 2. The van der Waals surface area contributed by atoms with Gasteiger partial charge < -0.3 is 16.4 Å². The second kappa shape index (κ2) is 7.94. The zero-order valence-electron chi connectivity index (χ0n) is 14.0. The summed E-state index contributed by atoms with van der Waals surface area (Å²) in [6.07, 6.45) is 2.26.